The number of ether oxygens (including phenoxy) is 2. The predicted octanol–water partition coefficient (Wildman–Crippen LogP) is 1.27. The van der Waals surface area contributed by atoms with Crippen molar-refractivity contribution >= 4 is 34.6 Å². The maximum atomic E-state index is 13.4. The maximum Gasteiger partial charge on any atom is 0.221 e. The number of nitrogens with zero attached hydrogens (tertiary/aromatic N) is 2. The van der Waals surface area contributed by atoms with Crippen LogP contribution in [-0.2, 0) is 19.1 Å². The van der Waals surface area contributed by atoms with Crippen LogP contribution in [0.1, 0.15) is 13.8 Å². The second-order valence-electron chi connectivity index (χ2n) is 7.15. The van der Waals surface area contributed by atoms with Gasteiger partial charge in [0.25, 0.3) is 0 Å². The molecule has 2 N–H and O–H groups in total. The van der Waals surface area contributed by atoms with Crippen LogP contribution in [0.2, 0.25) is 0 Å². The predicted molar refractivity (Wildman–Crippen MR) is 106 cm³/mol. The van der Waals surface area contributed by atoms with Gasteiger partial charge in [-0.2, -0.15) is 0 Å². The van der Waals surface area contributed by atoms with Gasteiger partial charge in [-0.15, -0.1) is 0 Å². The minimum atomic E-state index is -0.704. The van der Waals surface area contributed by atoms with E-state index in [-0.39, 0.29) is 49.4 Å². The van der Waals surface area contributed by atoms with Crippen LogP contribution in [0.25, 0.3) is 0 Å². The lowest BCUT2D eigenvalue weighted by molar-refractivity contribution is -0.115. The van der Waals surface area contributed by atoms with E-state index in [1.165, 1.54) is 26.0 Å². The summed E-state index contributed by atoms with van der Waals surface area (Å²) in [6.45, 7) is 4.56. The van der Waals surface area contributed by atoms with E-state index in [1.807, 2.05) is 0 Å². The number of benzene rings is 1. The molecule has 0 saturated carbocycles. The van der Waals surface area contributed by atoms with Crippen molar-refractivity contribution in [2.75, 3.05) is 63.2 Å². The topological polar surface area (TPSA) is 123 Å². The molecule has 1 aromatic carbocycles. The van der Waals surface area contributed by atoms with Gasteiger partial charge in [0.2, 0.25) is 11.8 Å². The molecular weight excluding hydrogens is 368 g/mol. The summed E-state index contributed by atoms with van der Waals surface area (Å²) in [5, 5.41) is 32.2. The van der Waals surface area contributed by atoms with Crippen molar-refractivity contribution in [1.29, 1.82) is 0 Å². The van der Waals surface area contributed by atoms with Gasteiger partial charge in [-0.1, -0.05) is 0 Å². The second-order valence-corrected chi connectivity index (χ2v) is 7.15. The Morgan fingerprint density at radius 3 is 1.39 bits per heavy atom. The van der Waals surface area contributed by atoms with E-state index in [0.717, 1.165) is 0 Å². The van der Waals surface area contributed by atoms with Gasteiger partial charge in [0.15, 0.2) is 11.4 Å². The van der Waals surface area contributed by atoms with Crippen LogP contribution in [0.15, 0.2) is 12.1 Å². The Morgan fingerprint density at radius 1 is 0.786 bits per heavy atom. The second kappa shape index (κ2) is 8.11. The molecule has 1 aromatic rings. The molecule has 2 saturated heterocycles. The number of hydrogen-bond donors (Lipinski definition) is 2. The number of carbonyl (C=O) groups excluding carboxylic acids is 2. The number of anilines is 2. The third-order valence-corrected chi connectivity index (χ3v) is 5.00. The minimum Gasteiger partial charge on any atom is -0.627 e. The summed E-state index contributed by atoms with van der Waals surface area (Å²) < 4.78 is 9.19. The van der Waals surface area contributed by atoms with Crippen molar-refractivity contribution in [2.45, 2.75) is 13.8 Å². The highest BCUT2D eigenvalue weighted by Crippen LogP contribution is 2.43. The monoisotopic (exact) mass is 394 g/mol. The number of amides is 2. The fourth-order valence-electron chi connectivity index (χ4n) is 3.59. The number of carbonyl (C=O) groups is 2. The molecule has 2 aliphatic rings. The molecule has 3 rings (SSSR count). The average Bonchev–Trinajstić information content (AvgIpc) is 2.63. The minimum absolute atomic E-state index is 0.177. The fourth-order valence-corrected chi connectivity index (χ4v) is 3.59. The highest BCUT2D eigenvalue weighted by molar-refractivity contribution is 5.99. The lowest BCUT2D eigenvalue weighted by Gasteiger charge is -2.47. The smallest absolute Gasteiger partial charge is 0.221 e. The van der Waals surface area contributed by atoms with Crippen LogP contribution in [-0.4, -0.2) is 64.4 Å². The zero-order valence-corrected chi connectivity index (χ0v) is 16.2. The van der Waals surface area contributed by atoms with Gasteiger partial charge in [-0.25, -0.2) is 0 Å². The molecule has 0 aromatic heterocycles. The molecule has 2 aliphatic heterocycles. The number of morpholine rings is 2. The molecule has 0 spiro atoms. The molecule has 154 valence electrons. The fraction of sp³-hybridized carbons (Fsp3) is 0.556. The molecule has 0 aliphatic carbocycles. The van der Waals surface area contributed by atoms with Gasteiger partial charge in [0.05, 0.1) is 26.4 Å². The van der Waals surface area contributed by atoms with Crippen molar-refractivity contribution < 1.29 is 19.1 Å². The Morgan fingerprint density at radius 2 is 1.11 bits per heavy atom. The van der Waals surface area contributed by atoms with E-state index < -0.39 is 9.29 Å². The van der Waals surface area contributed by atoms with Crippen LogP contribution in [0.3, 0.4) is 0 Å². The summed E-state index contributed by atoms with van der Waals surface area (Å²) in [5.74, 6) is -0.697. The first-order valence-corrected chi connectivity index (χ1v) is 9.29. The molecule has 0 unspecified atom stereocenters. The largest absolute Gasteiger partial charge is 0.627 e. The van der Waals surface area contributed by atoms with Crippen LogP contribution in [0, 0.1) is 10.4 Å². The number of quaternary nitrogens is 2. The lowest BCUT2D eigenvalue weighted by Crippen LogP contribution is -2.53. The van der Waals surface area contributed by atoms with Gasteiger partial charge in [0, 0.05) is 26.0 Å². The van der Waals surface area contributed by atoms with Crippen molar-refractivity contribution in [3.8, 4) is 0 Å². The number of hydrogen-bond acceptors (Lipinski definition) is 6. The van der Waals surface area contributed by atoms with Crippen molar-refractivity contribution in [1.82, 2.24) is 9.29 Å². The third-order valence-electron chi connectivity index (χ3n) is 5.00. The molecule has 28 heavy (non-hydrogen) atoms. The quantitative estimate of drug-likeness (QED) is 0.586. The van der Waals surface area contributed by atoms with E-state index >= 15 is 0 Å². The van der Waals surface area contributed by atoms with Crippen LogP contribution in [0.5, 0.6) is 0 Å². The maximum absolute atomic E-state index is 13.4. The summed E-state index contributed by atoms with van der Waals surface area (Å²) in [4.78, 5) is 23.5. The first-order valence-electron chi connectivity index (χ1n) is 9.29. The molecule has 2 fully saturated rings. The SMILES string of the molecule is CC(=O)Nc1cc([N+]2([O-])CCOCC2)c(NC(C)=O)cc1[N+]1([O-])CCOCC1. The highest BCUT2D eigenvalue weighted by atomic mass is 16.6. The van der Waals surface area contributed by atoms with Crippen LogP contribution in [0.4, 0.5) is 22.7 Å². The normalized spacial score (nSPS) is 21.0. The van der Waals surface area contributed by atoms with Gasteiger partial charge in [-0.3, -0.25) is 9.59 Å². The first-order chi connectivity index (χ1) is 13.2. The summed E-state index contributed by atoms with van der Waals surface area (Å²) >= 11 is 0. The zero-order chi connectivity index (χ0) is 20.4. The Labute approximate surface area is 163 Å². The Balaban J connectivity index is 2.16. The Bertz CT molecular complexity index is 693. The van der Waals surface area contributed by atoms with E-state index in [9.17, 15) is 20.0 Å². The first kappa shape index (κ1) is 20.6. The number of rotatable bonds is 4. The average molecular weight is 394 g/mol. The summed E-state index contributed by atoms with van der Waals surface area (Å²) in [6.07, 6.45) is 0. The molecule has 0 radical (unpaired) electrons. The Hall–Kier alpha value is -2.08. The molecular formula is C18H26N4O6. The van der Waals surface area contributed by atoms with E-state index in [4.69, 9.17) is 9.47 Å². The van der Waals surface area contributed by atoms with Gasteiger partial charge in [0.1, 0.15) is 37.6 Å². The molecule has 10 nitrogen and oxygen atoms in total. The lowest BCUT2D eigenvalue weighted by atomic mass is 10.1. The summed E-state index contributed by atoms with van der Waals surface area (Å²) in [6, 6.07) is 3.04. The van der Waals surface area contributed by atoms with Crippen LogP contribution < -0.4 is 19.9 Å². The third kappa shape index (κ3) is 4.32. The van der Waals surface area contributed by atoms with Gasteiger partial charge < -0.3 is 39.8 Å². The molecule has 0 atom stereocenters. The molecule has 2 amide bonds. The zero-order valence-electron chi connectivity index (χ0n) is 16.2. The van der Waals surface area contributed by atoms with Gasteiger partial charge >= 0.3 is 0 Å². The summed E-state index contributed by atoms with van der Waals surface area (Å²) in [5.41, 5.74) is 1.17. The van der Waals surface area contributed by atoms with Crippen LogP contribution >= 0.6 is 0 Å². The summed E-state index contributed by atoms with van der Waals surface area (Å²) in [7, 11) is 0. The standard InChI is InChI=1S/C18H26N4O6/c1-13(23)19-15-11-18(22(26)5-9-28-10-6-22)16(20-14(2)24)12-17(15)21(25)3-7-27-8-4-21/h11-12H,3-10H2,1-2H3,(H,19,23)(H,20,24). The Kier molecular flexibility index (Phi) is 5.98. The van der Waals surface area contributed by atoms with E-state index in [0.29, 0.717) is 37.8 Å². The van der Waals surface area contributed by atoms with Gasteiger partial charge in [-0.05, 0) is 0 Å². The highest BCUT2D eigenvalue weighted by Gasteiger charge is 2.34. The van der Waals surface area contributed by atoms with Crippen molar-refractivity contribution in [3.05, 3.63) is 22.5 Å². The molecule has 10 heteroatoms. The van der Waals surface area contributed by atoms with Crippen molar-refractivity contribution in [3.63, 3.8) is 0 Å². The van der Waals surface area contributed by atoms with E-state index in [2.05, 4.69) is 10.6 Å². The number of hydroxylamine groups is 4. The molecule has 0 bridgehead atoms. The van der Waals surface area contributed by atoms with E-state index in [1.54, 1.807) is 0 Å². The molecule has 2 heterocycles. The van der Waals surface area contributed by atoms with Crippen molar-refractivity contribution in [2.24, 2.45) is 0 Å². The number of nitrogens with one attached hydrogen (secondary N) is 2.